The van der Waals surface area contributed by atoms with Crippen molar-refractivity contribution in [2.24, 2.45) is 5.92 Å². The predicted octanol–water partition coefficient (Wildman–Crippen LogP) is 1.74. The highest BCUT2D eigenvalue weighted by atomic mass is 16.5. The Labute approximate surface area is 120 Å². The van der Waals surface area contributed by atoms with Crippen LogP contribution in [0.1, 0.15) is 46.0 Å². The molecule has 20 heavy (non-hydrogen) atoms. The smallest absolute Gasteiger partial charge is 0.329 e. The zero-order valence-electron chi connectivity index (χ0n) is 12.6. The number of rotatable bonds is 6. The van der Waals surface area contributed by atoms with Gasteiger partial charge >= 0.3 is 12.0 Å². The Kier molecular flexibility index (Phi) is 6.26. The Morgan fingerprint density at radius 3 is 2.50 bits per heavy atom. The van der Waals surface area contributed by atoms with Crippen molar-refractivity contribution in [2.45, 2.75) is 57.5 Å². The molecule has 116 valence electrons. The van der Waals surface area contributed by atoms with E-state index in [-0.39, 0.29) is 6.04 Å². The molecule has 2 amide bonds. The van der Waals surface area contributed by atoms with Gasteiger partial charge in [0.1, 0.15) is 5.54 Å². The van der Waals surface area contributed by atoms with Gasteiger partial charge in [-0.25, -0.2) is 9.59 Å². The van der Waals surface area contributed by atoms with E-state index in [4.69, 9.17) is 4.74 Å². The minimum absolute atomic E-state index is 0.0525. The van der Waals surface area contributed by atoms with E-state index in [1.807, 2.05) is 6.92 Å². The summed E-state index contributed by atoms with van der Waals surface area (Å²) >= 11 is 0. The van der Waals surface area contributed by atoms with E-state index < -0.39 is 17.5 Å². The number of urea groups is 1. The molecule has 1 atom stereocenters. The monoisotopic (exact) mass is 286 g/mol. The van der Waals surface area contributed by atoms with E-state index in [1.54, 1.807) is 7.11 Å². The number of carbonyl (C=O) groups excluding carboxylic acids is 1. The molecule has 1 unspecified atom stereocenters. The van der Waals surface area contributed by atoms with Gasteiger partial charge in [-0.3, -0.25) is 0 Å². The number of hydrogen-bond donors (Lipinski definition) is 3. The highest BCUT2D eigenvalue weighted by Crippen LogP contribution is 2.32. The van der Waals surface area contributed by atoms with Gasteiger partial charge in [-0.2, -0.15) is 0 Å². The molecule has 1 fully saturated rings. The number of nitrogens with one attached hydrogen (secondary N) is 2. The van der Waals surface area contributed by atoms with Gasteiger partial charge in [0, 0.05) is 19.8 Å². The van der Waals surface area contributed by atoms with Crippen LogP contribution in [0.2, 0.25) is 0 Å². The third kappa shape index (κ3) is 4.67. The number of ether oxygens (including phenoxy) is 1. The normalized spacial score (nSPS) is 27.6. The molecule has 1 saturated carbocycles. The SMILES string of the molecule is COCCC(C)NC(=O)NC1(C(=O)O)CCC(C)CC1. The fraction of sp³-hybridized carbons (Fsp3) is 0.857. The lowest BCUT2D eigenvalue weighted by Gasteiger charge is -2.36. The lowest BCUT2D eigenvalue weighted by atomic mass is 9.77. The van der Waals surface area contributed by atoms with Gasteiger partial charge in [-0.05, 0) is 44.9 Å². The molecule has 1 rings (SSSR count). The lowest BCUT2D eigenvalue weighted by Crippen LogP contribution is -2.59. The quantitative estimate of drug-likeness (QED) is 0.694. The van der Waals surface area contributed by atoms with Gasteiger partial charge in [0.2, 0.25) is 0 Å². The van der Waals surface area contributed by atoms with Gasteiger partial charge in [0.05, 0.1) is 0 Å². The summed E-state index contributed by atoms with van der Waals surface area (Å²) in [5.74, 6) is -0.419. The number of carboxylic acids is 1. The third-order valence-electron chi connectivity index (χ3n) is 4.02. The maximum absolute atomic E-state index is 11.9. The number of hydrogen-bond acceptors (Lipinski definition) is 3. The first-order valence-corrected chi connectivity index (χ1v) is 7.20. The maximum atomic E-state index is 11.9. The molecule has 1 aliphatic carbocycles. The highest BCUT2D eigenvalue weighted by molar-refractivity contribution is 5.86. The summed E-state index contributed by atoms with van der Waals surface area (Å²) in [5.41, 5.74) is -1.11. The Bertz CT molecular complexity index is 338. The van der Waals surface area contributed by atoms with Crippen LogP contribution in [0.4, 0.5) is 4.79 Å². The summed E-state index contributed by atoms with van der Waals surface area (Å²) < 4.78 is 4.95. The van der Waals surface area contributed by atoms with E-state index in [1.165, 1.54) is 0 Å². The third-order valence-corrected chi connectivity index (χ3v) is 4.02. The molecule has 0 aromatic heterocycles. The molecule has 0 aromatic carbocycles. The molecule has 3 N–H and O–H groups in total. The molecular formula is C14H26N2O4. The van der Waals surface area contributed by atoms with E-state index in [9.17, 15) is 14.7 Å². The van der Waals surface area contributed by atoms with Crippen molar-refractivity contribution in [3.63, 3.8) is 0 Å². The predicted molar refractivity (Wildman–Crippen MR) is 75.6 cm³/mol. The van der Waals surface area contributed by atoms with Gasteiger partial charge in [-0.15, -0.1) is 0 Å². The average Bonchev–Trinajstić information content (AvgIpc) is 2.39. The molecule has 0 saturated heterocycles. The van der Waals surface area contributed by atoms with Crippen LogP contribution < -0.4 is 10.6 Å². The fourth-order valence-electron chi connectivity index (χ4n) is 2.49. The van der Waals surface area contributed by atoms with E-state index in [0.717, 1.165) is 12.8 Å². The van der Waals surface area contributed by atoms with Crippen LogP contribution in [0.25, 0.3) is 0 Å². The van der Waals surface area contributed by atoms with Gasteiger partial charge in [0.25, 0.3) is 0 Å². The molecular weight excluding hydrogens is 260 g/mol. The van der Waals surface area contributed by atoms with Crippen LogP contribution >= 0.6 is 0 Å². The lowest BCUT2D eigenvalue weighted by molar-refractivity contribution is -0.146. The Morgan fingerprint density at radius 1 is 1.40 bits per heavy atom. The number of methoxy groups -OCH3 is 1. The number of carboxylic acid groups (broad SMARTS) is 1. The topological polar surface area (TPSA) is 87.7 Å². The average molecular weight is 286 g/mol. The van der Waals surface area contributed by atoms with Crippen LogP contribution in [0.5, 0.6) is 0 Å². The second kappa shape index (κ2) is 7.47. The zero-order valence-corrected chi connectivity index (χ0v) is 12.6. The molecule has 0 spiro atoms. The van der Waals surface area contributed by atoms with Crippen molar-refractivity contribution in [1.29, 1.82) is 0 Å². The van der Waals surface area contributed by atoms with Crippen molar-refractivity contribution in [3.05, 3.63) is 0 Å². The van der Waals surface area contributed by atoms with Crippen molar-refractivity contribution in [3.8, 4) is 0 Å². The Balaban J connectivity index is 2.54. The molecule has 6 heteroatoms. The molecule has 6 nitrogen and oxygen atoms in total. The summed E-state index contributed by atoms with van der Waals surface area (Å²) in [5, 5.41) is 14.9. The van der Waals surface area contributed by atoms with Crippen molar-refractivity contribution in [1.82, 2.24) is 10.6 Å². The van der Waals surface area contributed by atoms with Crippen LogP contribution in [0.3, 0.4) is 0 Å². The van der Waals surface area contributed by atoms with E-state index >= 15 is 0 Å². The summed E-state index contributed by atoms with van der Waals surface area (Å²) in [6.45, 7) is 4.54. The molecule has 0 bridgehead atoms. The van der Waals surface area contributed by atoms with Crippen LogP contribution in [0.15, 0.2) is 0 Å². The van der Waals surface area contributed by atoms with Crippen LogP contribution in [-0.2, 0) is 9.53 Å². The maximum Gasteiger partial charge on any atom is 0.329 e. The number of carbonyl (C=O) groups is 2. The van der Waals surface area contributed by atoms with Crippen LogP contribution in [-0.4, -0.2) is 42.4 Å². The Hall–Kier alpha value is -1.30. The van der Waals surface area contributed by atoms with E-state index in [0.29, 0.717) is 31.8 Å². The first-order chi connectivity index (χ1) is 9.39. The number of aliphatic carboxylic acids is 1. The van der Waals surface area contributed by atoms with Crippen molar-refractivity contribution in [2.75, 3.05) is 13.7 Å². The minimum atomic E-state index is -1.11. The van der Waals surface area contributed by atoms with E-state index in [2.05, 4.69) is 17.6 Å². The molecule has 0 aromatic rings. The summed E-state index contributed by atoms with van der Waals surface area (Å²) in [6, 6.07) is -0.464. The summed E-state index contributed by atoms with van der Waals surface area (Å²) in [7, 11) is 1.61. The highest BCUT2D eigenvalue weighted by Gasteiger charge is 2.42. The van der Waals surface area contributed by atoms with Gasteiger partial charge in [-0.1, -0.05) is 6.92 Å². The molecule has 0 aliphatic heterocycles. The van der Waals surface area contributed by atoms with Gasteiger partial charge < -0.3 is 20.5 Å². The van der Waals surface area contributed by atoms with Crippen molar-refractivity contribution >= 4 is 12.0 Å². The van der Waals surface area contributed by atoms with Gasteiger partial charge in [0.15, 0.2) is 0 Å². The summed E-state index contributed by atoms with van der Waals surface area (Å²) in [4.78, 5) is 23.5. The first kappa shape index (κ1) is 16.8. The molecule has 0 radical (unpaired) electrons. The number of amides is 2. The standard InChI is InChI=1S/C14H26N2O4/c1-10-4-7-14(8-5-10,12(17)18)16-13(19)15-11(2)6-9-20-3/h10-11H,4-9H2,1-3H3,(H,17,18)(H2,15,16,19). The van der Waals surface area contributed by atoms with Crippen molar-refractivity contribution < 1.29 is 19.4 Å². The van der Waals surface area contributed by atoms with Crippen LogP contribution in [0, 0.1) is 5.92 Å². The second-order valence-electron chi connectivity index (χ2n) is 5.85. The Morgan fingerprint density at radius 2 is 2.00 bits per heavy atom. The largest absolute Gasteiger partial charge is 0.480 e. The fourth-order valence-corrected chi connectivity index (χ4v) is 2.49. The second-order valence-corrected chi connectivity index (χ2v) is 5.85. The zero-order chi connectivity index (χ0) is 15.2. The first-order valence-electron chi connectivity index (χ1n) is 7.20. The summed E-state index contributed by atoms with van der Waals surface area (Å²) in [6.07, 6.45) is 3.32. The minimum Gasteiger partial charge on any atom is -0.480 e. The molecule has 0 heterocycles. The molecule has 1 aliphatic rings.